The van der Waals surface area contributed by atoms with Crippen LogP contribution < -0.4 is 5.73 Å². The third kappa shape index (κ3) is 4.33. The minimum atomic E-state index is -1.21. The van der Waals surface area contributed by atoms with Crippen LogP contribution in [0.5, 0.6) is 0 Å². The summed E-state index contributed by atoms with van der Waals surface area (Å²) < 4.78 is 5.41. The van der Waals surface area contributed by atoms with Crippen molar-refractivity contribution >= 4 is 5.97 Å². The maximum atomic E-state index is 12.4. The van der Waals surface area contributed by atoms with Gasteiger partial charge in [0.15, 0.2) is 0 Å². The first kappa shape index (κ1) is 15.7. The Morgan fingerprint density at radius 3 is 2.32 bits per heavy atom. The Kier molecular flexibility index (Phi) is 5.09. The maximum Gasteiger partial charge on any atom is 0.331 e. The Bertz CT molecular complexity index is 411. The van der Waals surface area contributed by atoms with E-state index >= 15 is 0 Å². The topological polar surface area (TPSA) is 72.5 Å². The number of aliphatic hydroxyl groups is 1. The number of hydrogen-bond acceptors (Lipinski definition) is 4. The number of ether oxygens (including phenoxy) is 1. The molecule has 0 spiro atoms. The van der Waals surface area contributed by atoms with Crippen molar-refractivity contribution in [3.63, 3.8) is 0 Å². The normalized spacial score (nSPS) is 14.8. The van der Waals surface area contributed by atoms with E-state index in [-0.39, 0.29) is 6.61 Å². The zero-order chi connectivity index (χ0) is 14.5. The molecule has 4 heteroatoms. The van der Waals surface area contributed by atoms with Crippen molar-refractivity contribution in [1.82, 2.24) is 0 Å². The van der Waals surface area contributed by atoms with Crippen molar-refractivity contribution in [2.75, 3.05) is 6.61 Å². The highest BCUT2D eigenvalue weighted by molar-refractivity contribution is 5.82. The lowest BCUT2D eigenvalue weighted by molar-refractivity contribution is -0.162. The lowest BCUT2D eigenvalue weighted by atomic mass is 9.86. The summed E-state index contributed by atoms with van der Waals surface area (Å²) in [5.74, 6) is -0.459. The molecule has 1 aromatic rings. The first-order valence-corrected chi connectivity index (χ1v) is 6.48. The van der Waals surface area contributed by atoms with Gasteiger partial charge >= 0.3 is 5.97 Å². The van der Waals surface area contributed by atoms with Gasteiger partial charge in [0, 0.05) is 6.61 Å². The third-order valence-electron chi connectivity index (χ3n) is 2.78. The van der Waals surface area contributed by atoms with E-state index in [0.717, 1.165) is 0 Å². The second kappa shape index (κ2) is 6.17. The van der Waals surface area contributed by atoms with Gasteiger partial charge < -0.3 is 15.6 Å². The van der Waals surface area contributed by atoms with E-state index in [1.54, 1.807) is 12.1 Å². The number of benzene rings is 1. The van der Waals surface area contributed by atoms with Crippen LogP contribution in [0.1, 0.15) is 39.2 Å². The lowest BCUT2D eigenvalue weighted by Crippen LogP contribution is -2.48. The molecule has 3 N–H and O–H groups in total. The van der Waals surface area contributed by atoms with Gasteiger partial charge in [-0.3, -0.25) is 0 Å². The third-order valence-corrected chi connectivity index (χ3v) is 2.78. The predicted molar refractivity (Wildman–Crippen MR) is 74.5 cm³/mol. The highest BCUT2D eigenvalue weighted by atomic mass is 16.6. The molecule has 0 heterocycles. The van der Waals surface area contributed by atoms with Crippen LogP contribution in [-0.4, -0.2) is 23.3 Å². The largest absolute Gasteiger partial charge is 0.458 e. The van der Waals surface area contributed by atoms with Crippen LogP contribution in [0.2, 0.25) is 0 Å². The molecular weight excluding hydrogens is 242 g/mol. The monoisotopic (exact) mass is 265 g/mol. The van der Waals surface area contributed by atoms with Crippen molar-refractivity contribution in [1.29, 1.82) is 0 Å². The fraction of sp³-hybridized carbons (Fsp3) is 0.533. The summed E-state index contributed by atoms with van der Waals surface area (Å²) in [6.45, 7) is 5.42. The highest BCUT2D eigenvalue weighted by Gasteiger charge is 2.39. The highest BCUT2D eigenvalue weighted by Crippen LogP contribution is 2.27. The summed E-state index contributed by atoms with van der Waals surface area (Å²) in [6.07, 6.45) is 0.799. The average molecular weight is 265 g/mol. The summed E-state index contributed by atoms with van der Waals surface area (Å²) in [4.78, 5) is 12.4. The van der Waals surface area contributed by atoms with Crippen LogP contribution in [0.25, 0.3) is 0 Å². The molecule has 19 heavy (non-hydrogen) atoms. The second-order valence-corrected chi connectivity index (χ2v) is 5.67. The number of nitrogens with two attached hydrogens (primary N) is 1. The molecule has 1 atom stereocenters. The number of rotatable bonds is 5. The van der Waals surface area contributed by atoms with Gasteiger partial charge in [-0.1, -0.05) is 30.3 Å². The van der Waals surface area contributed by atoms with Crippen LogP contribution >= 0.6 is 0 Å². The molecule has 0 bridgehead atoms. The van der Waals surface area contributed by atoms with Crippen LogP contribution in [0.15, 0.2) is 30.3 Å². The Labute approximate surface area is 114 Å². The van der Waals surface area contributed by atoms with Gasteiger partial charge in [0.1, 0.15) is 11.1 Å². The van der Waals surface area contributed by atoms with Gasteiger partial charge in [0.25, 0.3) is 0 Å². The van der Waals surface area contributed by atoms with Gasteiger partial charge in [-0.15, -0.1) is 0 Å². The molecule has 0 fully saturated rings. The van der Waals surface area contributed by atoms with Crippen LogP contribution in [0.4, 0.5) is 0 Å². The standard InChI is InChI=1S/C15H23NO3/c1-14(2,3)19-13(18)15(16,10-7-11-17)12-8-5-4-6-9-12/h4-6,8-9,17H,7,10-11,16H2,1-3H3/t15-/m0/s1. The minimum absolute atomic E-state index is 0.00538. The molecule has 0 aliphatic carbocycles. The van der Waals surface area contributed by atoms with Gasteiger partial charge in [0.05, 0.1) is 0 Å². The molecule has 0 unspecified atom stereocenters. The Hall–Kier alpha value is -1.39. The average Bonchev–Trinajstić information content (AvgIpc) is 2.35. The van der Waals surface area contributed by atoms with Gasteiger partial charge in [-0.2, -0.15) is 0 Å². The van der Waals surface area contributed by atoms with Crippen molar-refractivity contribution in [3.8, 4) is 0 Å². The maximum absolute atomic E-state index is 12.4. The molecule has 0 saturated heterocycles. The lowest BCUT2D eigenvalue weighted by Gasteiger charge is -2.31. The van der Waals surface area contributed by atoms with Crippen molar-refractivity contribution in [2.24, 2.45) is 5.73 Å². The molecule has 0 aliphatic rings. The predicted octanol–water partition coefficient (Wildman–Crippen LogP) is 1.95. The molecule has 1 aromatic carbocycles. The summed E-state index contributed by atoms with van der Waals surface area (Å²) in [5.41, 5.74) is 5.18. The SMILES string of the molecule is CC(C)(C)OC(=O)[C@](N)(CCCO)c1ccccc1. The Morgan fingerprint density at radius 1 is 1.26 bits per heavy atom. The molecule has 0 aromatic heterocycles. The van der Waals surface area contributed by atoms with E-state index in [0.29, 0.717) is 18.4 Å². The zero-order valence-electron chi connectivity index (χ0n) is 11.8. The summed E-state index contributed by atoms with van der Waals surface area (Å²) in [5, 5.41) is 8.98. The van der Waals surface area contributed by atoms with Crippen LogP contribution in [0, 0.1) is 0 Å². The van der Waals surface area contributed by atoms with Crippen LogP contribution in [0.3, 0.4) is 0 Å². The van der Waals surface area contributed by atoms with Gasteiger partial charge in [0.2, 0.25) is 0 Å². The van der Waals surface area contributed by atoms with Crippen molar-refractivity contribution < 1.29 is 14.6 Å². The van der Waals surface area contributed by atoms with E-state index in [1.165, 1.54) is 0 Å². The molecule has 106 valence electrons. The molecule has 0 amide bonds. The molecule has 1 rings (SSSR count). The minimum Gasteiger partial charge on any atom is -0.458 e. The van der Waals surface area contributed by atoms with E-state index in [1.807, 2.05) is 39.0 Å². The van der Waals surface area contributed by atoms with Gasteiger partial charge in [-0.25, -0.2) is 4.79 Å². The quantitative estimate of drug-likeness (QED) is 0.798. The number of carbonyl (C=O) groups excluding carboxylic acids is 1. The second-order valence-electron chi connectivity index (χ2n) is 5.67. The first-order chi connectivity index (χ1) is 8.79. The molecule has 4 nitrogen and oxygen atoms in total. The molecular formula is C15H23NO3. The molecule has 0 saturated carbocycles. The van der Waals surface area contributed by atoms with Gasteiger partial charge in [-0.05, 0) is 39.2 Å². The number of aliphatic hydroxyl groups excluding tert-OH is 1. The summed E-state index contributed by atoms with van der Waals surface area (Å²) in [6, 6.07) is 9.15. The summed E-state index contributed by atoms with van der Waals surface area (Å²) in [7, 11) is 0. The smallest absolute Gasteiger partial charge is 0.331 e. The Morgan fingerprint density at radius 2 is 1.84 bits per heavy atom. The van der Waals surface area contributed by atoms with Crippen LogP contribution in [-0.2, 0) is 15.1 Å². The number of esters is 1. The fourth-order valence-electron chi connectivity index (χ4n) is 1.83. The van der Waals surface area contributed by atoms with E-state index in [4.69, 9.17) is 15.6 Å². The van der Waals surface area contributed by atoms with E-state index in [9.17, 15) is 4.79 Å². The molecule has 0 aliphatic heterocycles. The van der Waals surface area contributed by atoms with Crippen molar-refractivity contribution in [3.05, 3.63) is 35.9 Å². The number of carbonyl (C=O) groups is 1. The number of hydrogen-bond donors (Lipinski definition) is 2. The Balaban J connectivity index is 3.03. The zero-order valence-corrected chi connectivity index (χ0v) is 11.8. The summed E-state index contributed by atoms with van der Waals surface area (Å²) >= 11 is 0. The molecule has 0 radical (unpaired) electrons. The van der Waals surface area contributed by atoms with E-state index in [2.05, 4.69) is 0 Å². The fourth-order valence-corrected chi connectivity index (χ4v) is 1.83. The van der Waals surface area contributed by atoms with E-state index < -0.39 is 17.1 Å². The van der Waals surface area contributed by atoms with Crippen molar-refractivity contribution in [2.45, 2.75) is 44.8 Å². The first-order valence-electron chi connectivity index (χ1n) is 6.48.